The fourth-order valence-corrected chi connectivity index (χ4v) is 2.88. The van der Waals surface area contributed by atoms with Crippen LogP contribution < -0.4 is 10.6 Å². The molecular formula is C13H26N2. The van der Waals surface area contributed by atoms with Gasteiger partial charge in [-0.25, -0.2) is 0 Å². The van der Waals surface area contributed by atoms with Gasteiger partial charge in [0.05, 0.1) is 0 Å². The summed E-state index contributed by atoms with van der Waals surface area (Å²) in [5.41, 5.74) is 0.712. The van der Waals surface area contributed by atoms with Crippen LogP contribution in [0.15, 0.2) is 0 Å². The average molecular weight is 210 g/mol. The highest BCUT2D eigenvalue weighted by molar-refractivity contribution is 4.94. The van der Waals surface area contributed by atoms with Crippen molar-refractivity contribution in [2.75, 3.05) is 26.2 Å². The van der Waals surface area contributed by atoms with E-state index in [1.54, 1.807) is 0 Å². The summed E-state index contributed by atoms with van der Waals surface area (Å²) in [4.78, 5) is 0. The number of rotatable bonds is 6. The van der Waals surface area contributed by atoms with Gasteiger partial charge < -0.3 is 10.6 Å². The molecule has 15 heavy (non-hydrogen) atoms. The van der Waals surface area contributed by atoms with Crippen LogP contribution in [0.25, 0.3) is 0 Å². The second-order valence-electron chi connectivity index (χ2n) is 5.78. The van der Waals surface area contributed by atoms with Crippen molar-refractivity contribution < 1.29 is 0 Å². The smallest absolute Gasteiger partial charge is 0.000794 e. The maximum atomic E-state index is 3.71. The SMILES string of the molecule is CCCC1(CNC[C@@H]2CNC[C@H]2C)CC1. The normalized spacial score (nSPS) is 33.2. The first-order valence-electron chi connectivity index (χ1n) is 6.67. The van der Waals surface area contributed by atoms with Crippen LogP contribution in [0.5, 0.6) is 0 Å². The predicted molar refractivity (Wildman–Crippen MR) is 65.0 cm³/mol. The van der Waals surface area contributed by atoms with Gasteiger partial charge in [0.2, 0.25) is 0 Å². The molecule has 1 saturated heterocycles. The first-order chi connectivity index (χ1) is 7.26. The van der Waals surface area contributed by atoms with Crippen molar-refractivity contribution in [3.8, 4) is 0 Å². The Morgan fingerprint density at radius 2 is 2.13 bits per heavy atom. The molecule has 88 valence electrons. The third kappa shape index (κ3) is 2.94. The summed E-state index contributed by atoms with van der Waals surface area (Å²) in [6.45, 7) is 9.60. The lowest BCUT2D eigenvalue weighted by Crippen LogP contribution is -2.31. The Bertz CT molecular complexity index is 199. The summed E-state index contributed by atoms with van der Waals surface area (Å²) in [6, 6.07) is 0. The Morgan fingerprint density at radius 1 is 1.33 bits per heavy atom. The molecule has 0 aromatic heterocycles. The van der Waals surface area contributed by atoms with Crippen molar-refractivity contribution in [2.24, 2.45) is 17.3 Å². The summed E-state index contributed by atoms with van der Waals surface area (Å²) in [5, 5.41) is 7.18. The summed E-state index contributed by atoms with van der Waals surface area (Å²) < 4.78 is 0. The Morgan fingerprint density at radius 3 is 2.67 bits per heavy atom. The molecule has 2 heteroatoms. The van der Waals surface area contributed by atoms with Gasteiger partial charge in [-0.05, 0) is 56.1 Å². The Kier molecular flexibility index (Phi) is 3.68. The van der Waals surface area contributed by atoms with Crippen molar-refractivity contribution in [1.29, 1.82) is 0 Å². The number of nitrogens with one attached hydrogen (secondary N) is 2. The minimum Gasteiger partial charge on any atom is -0.316 e. The molecule has 1 aliphatic heterocycles. The highest BCUT2D eigenvalue weighted by Gasteiger charge is 2.40. The van der Waals surface area contributed by atoms with Crippen molar-refractivity contribution in [1.82, 2.24) is 10.6 Å². The summed E-state index contributed by atoms with van der Waals surface area (Å²) in [6.07, 6.45) is 5.71. The Labute approximate surface area is 94.2 Å². The Hall–Kier alpha value is -0.0800. The molecule has 2 nitrogen and oxygen atoms in total. The van der Waals surface area contributed by atoms with E-state index in [-0.39, 0.29) is 0 Å². The van der Waals surface area contributed by atoms with Crippen molar-refractivity contribution in [2.45, 2.75) is 39.5 Å². The summed E-state index contributed by atoms with van der Waals surface area (Å²) in [7, 11) is 0. The zero-order chi connectivity index (χ0) is 10.7. The monoisotopic (exact) mass is 210 g/mol. The largest absolute Gasteiger partial charge is 0.316 e. The molecule has 2 atom stereocenters. The van der Waals surface area contributed by atoms with E-state index in [0.29, 0.717) is 5.41 Å². The van der Waals surface area contributed by atoms with Gasteiger partial charge in [0.1, 0.15) is 0 Å². The maximum absolute atomic E-state index is 3.71. The van der Waals surface area contributed by atoms with E-state index >= 15 is 0 Å². The van der Waals surface area contributed by atoms with Gasteiger partial charge in [-0.1, -0.05) is 20.3 Å². The molecule has 0 radical (unpaired) electrons. The number of hydrogen-bond acceptors (Lipinski definition) is 2. The van der Waals surface area contributed by atoms with Gasteiger partial charge in [0.15, 0.2) is 0 Å². The van der Waals surface area contributed by atoms with E-state index in [9.17, 15) is 0 Å². The second kappa shape index (κ2) is 4.84. The zero-order valence-corrected chi connectivity index (χ0v) is 10.3. The fraction of sp³-hybridized carbons (Fsp3) is 1.00. The third-order valence-electron chi connectivity index (χ3n) is 4.32. The maximum Gasteiger partial charge on any atom is 0.000794 e. The van der Waals surface area contributed by atoms with Crippen LogP contribution in [0, 0.1) is 17.3 Å². The molecule has 2 fully saturated rings. The number of hydrogen-bond donors (Lipinski definition) is 2. The first-order valence-corrected chi connectivity index (χ1v) is 6.67. The molecule has 2 aliphatic rings. The quantitative estimate of drug-likeness (QED) is 0.701. The summed E-state index contributed by atoms with van der Waals surface area (Å²) in [5.74, 6) is 1.72. The molecule has 0 bridgehead atoms. The molecule has 0 aromatic carbocycles. The van der Waals surface area contributed by atoms with E-state index < -0.39 is 0 Å². The van der Waals surface area contributed by atoms with Crippen molar-refractivity contribution >= 4 is 0 Å². The van der Waals surface area contributed by atoms with E-state index in [1.807, 2.05) is 0 Å². The average Bonchev–Trinajstić information content (AvgIpc) is 2.85. The van der Waals surface area contributed by atoms with Crippen molar-refractivity contribution in [3.05, 3.63) is 0 Å². The lowest BCUT2D eigenvalue weighted by atomic mass is 9.97. The van der Waals surface area contributed by atoms with E-state index in [0.717, 1.165) is 11.8 Å². The van der Waals surface area contributed by atoms with Gasteiger partial charge in [-0.15, -0.1) is 0 Å². The molecule has 1 aliphatic carbocycles. The van der Waals surface area contributed by atoms with Gasteiger partial charge in [0, 0.05) is 6.54 Å². The molecule has 0 amide bonds. The van der Waals surface area contributed by atoms with Crippen LogP contribution in [-0.4, -0.2) is 26.2 Å². The lowest BCUT2D eigenvalue weighted by Gasteiger charge is -2.19. The van der Waals surface area contributed by atoms with Crippen molar-refractivity contribution in [3.63, 3.8) is 0 Å². The molecule has 1 saturated carbocycles. The highest BCUT2D eigenvalue weighted by atomic mass is 15.0. The molecule has 2 rings (SSSR count). The van der Waals surface area contributed by atoms with E-state index in [2.05, 4.69) is 24.5 Å². The van der Waals surface area contributed by atoms with Crippen LogP contribution in [-0.2, 0) is 0 Å². The van der Waals surface area contributed by atoms with Gasteiger partial charge in [0.25, 0.3) is 0 Å². The zero-order valence-electron chi connectivity index (χ0n) is 10.3. The molecule has 0 aromatic rings. The second-order valence-corrected chi connectivity index (χ2v) is 5.78. The fourth-order valence-electron chi connectivity index (χ4n) is 2.88. The van der Waals surface area contributed by atoms with Gasteiger partial charge in [-0.2, -0.15) is 0 Å². The Balaban J connectivity index is 1.62. The third-order valence-corrected chi connectivity index (χ3v) is 4.32. The first kappa shape index (κ1) is 11.4. The minimum absolute atomic E-state index is 0.712. The van der Waals surface area contributed by atoms with Crippen LogP contribution >= 0.6 is 0 Å². The van der Waals surface area contributed by atoms with E-state index in [4.69, 9.17) is 0 Å². The predicted octanol–water partition coefficient (Wildman–Crippen LogP) is 2.01. The standard InChI is InChI=1S/C13H26N2/c1-3-4-13(5-6-13)10-15-9-12-8-14-7-11(12)2/h11-12,14-15H,3-10H2,1-2H3/t11-,12+/m1/s1. The minimum atomic E-state index is 0.712. The van der Waals surface area contributed by atoms with E-state index in [1.165, 1.54) is 51.9 Å². The van der Waals surface area contributed by atoms with Gasteiger partial charge >= 0.3 is 0 Å². The molecular weight excluding hydrogens is 184 g/mol. The van der Waals surface area contributed by atoms with Gasteiger partial charge in [-0.3, -0.25) is 0 Å². The summed E-state index contributed by atoms with van der Waals surface area (Å²) >= 11 is 0. The van der Waals surface area contributed by atoms with Crippen LogP contribution in [0.1, 0.15) is 39.5 Å². The highest BCUT2D eigenvalue weighted by Crippen LogP contribution is 2.48. The van der Waals surface area contributed by atoms with Crippen LogP contribution in [0.3, 0.4) is 0 Å². The lowest BCUT2D eigenvalue weighted by molar-refractivity contribution is 0.369. The molecule has 1 heterocycles. The van der Waals surface area contributed by atoms with Crippen LogP contribution in [0.2, 0.25) is 0 Å². The topological polar surface area (TPSA) is 24.1 Å². The molecule has 0 unspecified atom stereocenters. The molecule has 0 spiro atoms. The molecule has 2 N–H and O–H groups in total. The van der Waals surface area contributed by atoms with Crippen LogP contribution in [0.4, 0.5) is 0 Å².